The van der Waals surface area contributed by atoms with E-state index < -0.39 is 0 Å². The quantitative estimate of drug-likeness (QED) is 0.831. The van der Waals surface area contributed by atoms with Crippen molar-refractivity contribution in [3.63, 3.8) is 0 Å². The van der Waals surface area contributed by atoms with Gasteiger partial charge in [0.05, 0.1) is 10.7 Å². The van der Waals surface area contributed by atoms with E-state index in [4.69, 9.17) is 11.6 Å². The van der Waals surface area contributed by atoms with Gasteiger partial charge in [-0.15, -0.1) is 0 Å². The monoisotopic (exact) mass is 372 g/mol. The molecule has 0 aliphatic carbocycles. The van der Waals surface area contributed by atoms with Crippen molar-refractivity contribution in [3.05, 3.63) is 52.3 Å². The van der Waals surface area contributed by atoms with E-state index in [0.717, 1.165) is 32.6 Å². The minimum Gasteiger partial charge on any atom is -0.333 e. The Morgan fingerprint density at radius 1 is 1.19 bits per heavy atom. The molecule has 0 spiro atoms. The maximum Gasteiger partial charge on any atom is 0.273 e. The van der Waals surface area contributed by atoms with Crippen LogP contribution in [0, 0.1) is 12.8 Å². The Hall–Kier alpha value is -1.85. The molecule has 1 aromatic heterocycles. The molecule has 0 radical (unpaired) electrons. The number of carbonyl (C=O) groups excluding carboxylic acids is 1. The molecule has 3 fully saturated rings. The largest absolute Gasteiger partial charge is 0.333 e. The average molecular weight is 373 g/mol. The lowest BCUT2D eigenvalue weighted by molar-refractivity contribution is 0.0574. The van der Waals surface area contributed by atoms with Crippen LogP contribution in [0.2, 0.25) is 5.02 Å². The van der Waals surface area contributed by atoms with E-state index in [9.17, 15) is 4.79 Å². The van der Waals surface area contributed by atoms with E-state index in [-0.39, 0.29) is 11.9 Å². The van der Waals surface area contributed by atoms with Crippen LogP contribution >= 0.6 is 11.6 Å². The van der Waals surface area contributed by atoms with Gasteiger partial charge in [0.2, 0.25) is 0 Å². The van der Waals surface area contributed by atoms with Crippen LogP contribution in [0.15, 0.2) is 30.3 Å². The smallest absolute Gasteiger partial charge is 0.273 e. The second-order valence-electron chi connectivity index (χ2n) is 7.61. The number of aromatic nitrogens is 2. The van der Waals surface area contributed by atoms with Gasteiger partial charge in [-0.25, -0.2) is 0 Å². The summed E-state index contributed by atoms with van der Waals surface area (Å²) < 4.78 is 1.63. The minimum atomic E-state index is 0.0226. The van der Waals surface area contributed by atoms with E-state index in [1.54, 1.807) is 11.7 Å². The van der Waals surface area contributed by atoms with Crippen LogP contribution < -0.4 is 0 Å². The van der Waals surface area contributed by atoms with Crippen molar-refractivity contribution < 1.29 is 4.79 Å². The van der Waals surface area contributed by atoms with Gasteiger partial charge in [0, 0.05) is 39.3 Å². The number of amides is 1. The summed E-state index contributed by atoms with van der Waals surface area (Å²) in [4.78, 5) is 17.8. The number of fused-ring (bicyclic) bond motifs is 4. The van der Waals surface area contributed by atoms with Gasteiger partial charge in [-0.1, -0.05) is 41.9 Å². The Labute approximate surface area is 159 Å². The van der Waals surface area contributed by atoms with Gasteiger partial charge >= 0.3 is 0 Å². The van der Waals surface area contributed by atoms with Crippen LogP contribution in [-0.4, -0.2) is 51.2 Å². The molecule has 1 aromatic carbocycles. The summed E-state index contributed by atoms with van der Waals surface area (Å²) in [6, 6.07) is 10.8. The maximum absolute atomic E-state index is 13.2. The molecule has 0 saturated carbocycles. The molecular formula is C20H25ClN4O. The van der Waals surface area contributed by atoms with Crippen LogP contribution in [0.3, 0.4) is 0 Å². The molecule has 5 rings (SSSR count). The van der Waals surface area contributed by atoms with Gasteiger partial charge in [0.1, 0.15) is 5.69 Å². The third-order valence-electron chi connectivity index (χ3n) is 5.65. The third-order valence-corrected chi connectivity index (χ3v) is 6.10. The predicted molar refractivity (Wildman–Crippen MR) is 102 cm³/mol. The molecule has 2 aromatic rings. The summed E-state index contributed by atoms with van der Waals surface area (Å²) >= 11 is 6.37. The molecular weight excluding hydrogens is 348 g/mol. The summed E-state index contributed by atoms with van der Waals surface area (Å²) in [6.45, 7) is 5.57. The van der Waals surface area contributed by atoms with Crippen molar-refractivity contribution >= 4 is 17.5 Å². The molecule has 5 nitrogen and oxygen atoms in total. The molecule has 26 heavy (non-hydrogen) atoms. The van der Waals surface area contributed by atoms with Crippen molar-refractivity contribution in [2.24, 2.45) is 13.0 Å². The number of hydrogen-bond donors (Lipinski definition) is 0. The zero-order chi connectivity index (χ0) is 18.3. The zero-order valence-corrected chi connectivity index (χ0v) is 16.1. The lowest BCUT2D eigenvalue weighted by atomic mass is 9.94. The number of halogens is 1. The number of rotatable bonds is 3. The predicted octanol–water partition coefficient (Wildman–Crippen LogP) is 3.12. The number of aryl methyl sites for hydroxylation is 2. The molecule has 0 N–H and O–H groups in total. The number of carbonyl (C=O) groups is 1. The Kier molecular flexibility index (Phi) is 4.76. The Morgan fingerprint density at radius 2 is 1.96 bits per heavy atom. The first-order valence-corrected chi connectivity index (χ1v) is 9.67. The van der Waals surface area contributed by atoms with Crippen molar-refractivity contribution in [1.82, 2.24) is 19.6 Å². The SMILES string of the molecule is Cc1nn(C)c(C(=O)N2C[C@@H]3CC[C@H]2CN(Cc2ccccc2)C3)c1Cl. The van der Waals surface area contributed by atoms with E-state index in [2.05, 4.69) is 40.3 Å². The maximum atomic E-state index is 13.2. The van der Waals surface area contributed by atoms with Gasteiger partial charge in [-0.05, 0) is 31.2 Å². The highest BCUT2D eigenvalue weighted by Gasteiger charge is 2.38. The van der Waals surface area contributed by atoms with Crippen molar-refractivity contribution in [3.8, 4) is 0 Å². The number of nitrogens with zero attached hydrogens (tertiary/aromatic N) is 4. The molecule has 3 aliphatic rings. The average Bonchev–Trinajstić information content (AvgIpc) is 2.79. The fourth-order valence-corrected chi connectivity index (χ4v) is 4.64. The molecule has 138 valence electrons. The highest BCUT2D eigenvalue weighted by atomic mass is 35.5. The lowest BCUT2D eigenvalue weighted by Gasteiger charge is -2.36. The Balaban J connectivity index is 1.54. The first kappa shape index (κ1) is 17.6. The molecule has 4 heterocycles. The topological polar surface area (TPSA) is 41.4 Å². The summed E-state index contributed by atoms with van der Waals surface area (Å²) in [5, 5.41) is 4.79. The van der Waals surface area contributed by atoms with E-state index in [1.165, 1.54) is 12.0 Å². The first-order chi connectivity index (χ1) is 12.5. The van der Waals surface area contributed by atoms with Crippen molar-refractivity contribution in [1.29, 1.82) is 0 Å². The van der Waals surface area contributed by atoms with E-state index in [0.29, 0.717) is 22.3 Å². The third kappa shape index (κ3) is 3.26. The first-order valence-electron chi connectivity index (χ1n) is 9.29. The normalized spacial score (nSPS) is 23.3. The van der Waals surface area contributed by atoms with Gasteiger partial charge < -0.3 is 4.90 Å². The summed E-state index contributed by atoms with van der Waals surface area (Å²) in [7, 11) is 1.80. The van der Waals surface area contributed by atoms with Crippen molar-refractivity contribution in [2.75, 3.05) is 19.6 Å². The van der Waals surface area contributed by atoms with Crippen LogP contribution in [0.5, 0.6) is 0 Å². The fraction of sp³-hybridized carbons (Fsp3) is 0.500. The minimum absolute atomic E-state index is 0.0226. The molecule has 3 aliphatic heterocycles. The standard InChI is InChI=1S/C20H25ClN4O/c1-14-18(21)19(23(2)22-14)20(26)25-12-16-8-9-17(25)13-24(11-16)10-15-6-4-3-5-7-15/h3-7,16-17H,8-13H2,1-2H3/t16-,17+/m1/s1. The van der Waals surface area contributed by atoms with E-state index >= 15 is 0 Å². The van der Waals surface area contributed by atoms with Gasteiger partial charge in [0.15, 0.2) is 0 Å². The number of piperidine rings is 1. The second-order valence-corrected chi connectivity index (χ2v) is 7.98. The van der Waals surface area contributed by atoms with Crippen LogP contribution in [0.1, 0.15) is 34.6 Å². The summed E-state index contributed by atoms with van der Waals surface area (Å²) in [5.41, 5.74) is 2.56. The molecule has 2 bridgehead atoms. The summed E-state index contributed by atoms with van der Waals surface area (Å²) in [6.07, 6.45) is 2.26. The number of hydrogen-bond acceptors (Lipinski definition) is 3. The molecule has 0 unspecified atom stereocenters. The van der Waals surface area contributed by atoms with Gasteiger partial charge in [-0.3, -0.25) is 14.4 Å². The Bertz CT molecular complexity index is 804. The summed E-state index contributed by atoms with van der Waals surface area (Å²) in [5.74, 6) is 0.545. The molecule has 3 saturated heterocycles. The zero-order valence-electron chi connectivity index (χ0n) is 15.4. The van der Waals surface area contributed by atoms with Gasteiger partial charge in [0.25, 0.3) is 5.91 Å². The second kappa shape index (κ2) is 7.05. The van der Waals surface area contributed by atoms with Gasteiger partial charge in [-0.2, -0.15) is 5.10 Å². The molecule has 2 atom stereocenters. The fourth-order valence-electron chi connectivity index (χ4n) is 4.40. The highest BCUT2D eigenvalue weighted by Crippen LogP contribution is 2.31. The van der Waals surface area contributed by atoms with Crippen molar-refractivity contribution in [2.45, 2.75) is 32.4 Å². The lowest BCUT2D eigenvalue weighted by Crippen LogP contribution is -2.47. The number of benzene rings is 1. The van der Waals surface area contributed by atoms with Crippen LogP contribution in [-0.2, 0) is 13.6 Å². The highest BCUT2D eigenvalue weighted by molar-refractivity contribution is 6.34. The molecule has 1 amide bonds. The van der Waals surface area contributed by atoms with Crippen LogP contribution in [0.4, 0.5) is 0 Å². The Morgan fingerprint density at radius 3 is 2.65 bits per heavy atom. The van der Waals surface area contributed by atoms with E-state index in [1.807, 2.05) is 11.8 Å². The molecule has 6 heteroatoms. The van der Waals surface area contributed by atoms with Crippen LogP contribution in [0.25, 0.3) is 0 Å².